The zero-order valence-electron chi connectivity index (χ0n) is 58.2. The first-order valence-corrected chi connectivity index (χ1v) is 38.2. The Morgan fingerprint density at radius 3 is 1.21 bits per heavy atom. The van der Waals surface area contributed by atoms with Gasteiger partial charge < -0.3 is 27.8 Å². The van der Waals surface area contributed by atoms with E-state index in [4.69, 9.17) is 8.83 Å². The Bertz CT molecular complexity index is 7510. The topological polar surface area (TPSA) is 42.6 Å². The number of para-hydroxylation sites is 5. The van der Waals surface area contributed by atoms with Crippen molar-refractivity contribution in [2.75, 3.05) is 9.80 Å². The molecule has 0 N–H and O–H groups in total. The van der Waals surface area contributed by atoms with Crippen molar-refractivity contribution >= 4 is 195 Å². The molecule has 0 saturated heterocycles. The largest absolute Gasteiger partial charge is 0.456 e. The molecule has 8 heteroatoms. The molecule has 23 aromatic rings. The summed E-state index contributed by atoms with van der Waals surface area (Å²) >= 11 is 3.73. The first-order valence-electron chi connectivity index (χ1n) is 36.6. The van der Waals surface area contributed by atoms with E-state index in [1.807, 2.05) is 46.9 Å². The van der Waals surface area contributed by atoms with Gasteiger partial charge in [-0.25, -0.2) is 0 Å². The zero-order chi connectivity index (χ0) is 70.9. The number of furan rings is 2. The Hall–Kier alpha value is -13.8. The minimum Gasteiger partial charge on any atom is -0.456 e. The summed E-state index contributed by atoms with van der Waals surface area (Å²) < 4.78 is 22.7. The van der Waals surface area contributed by atoms with Gasteiger partial charge >= 0.3 is 0 Å². The summed E-state index contributed by atoms with van der Waals surface area (Å²) in [6.07, 6.45) is 0. The highest BCUT2D eigenvalue weighted by Gasteiger charge is 2.22. The van der Waals surface area contributed by atoms with Crippen molar-refractivity contribution in [2.24, 2.45) is 0 Å². The Morgan fingerprint density at radius 2 is 0.593 bits per heavy atom. The van der Waals surface area contributed by atoms with Gasteiger partial charge in [0, 0.05) is 141 Å². The van der Waals surface area contributed by atoms with E-state index < -0.39 is 0 Å². The average molecular weight is 1420 g/mol. The maximum Gasteiger partial charge on any atom is 0.137 e. The molecule has 0 amide bonds. The number of aromatic nitrogens is 2. The number of nitrogens with zero attached hydrogens (tertiary/aromatic N) is 4. The lowest BCUT2D eigenvalue weighted by atomic mass is 10.00. The average Bonchev–Trinajstić information content (AvgIpc) is 1.57. The molecular weight excluding hydrogens is 1350 g/mol. The third-order valence-corrected chi connectivity index (χ3v) is 24.0. The van der Waals surface area contributed by atoms with Gasteiger partial charge in [0.2, 0.25) is 0 Å². The van der Waals surface area contributed by atoms with Crippen molar-refractivity contribution in [3.63, 3.8) is 0 Å². The highest BCUT2D eigenvalue weighted by molar-refractivity contribution is 7.26. The van der Waals surface area contributed by atoms with Crippen molar-refractivity contribution in [3.8, 4) is 33.6 Å². The molecule has 0 aliphatic heterocycles. The van der Waals surface area contributed by atoms with Gasteiger partial charge in [0.25, 0.3) is 0 Å². The predicted molar refractivity (Wildman–Crippen MR) is 460 cm³/mol. The smallest absolute Gasteiger partial charge is 0.137 e. The Morgan fingerprint density at radius 1 is 0.204 bits per heavy atom. The molecule has 17 aromatic carbocycles. The van der Waals surface area contributed by atoms with Crippen molar-refractivity contribution in [2.45, 2.75) is 0 Å². The lowest BCUT2D eigenvalue weighted by molar-refractivity contribution is 0.668. The highest BCUT2D eigenvalue weighted by Crippen LogP contribution is 2.46. The molecule has 6 aromatic heterocycles. The molecule has 0 aliphatic rings. The lowest BCUT2D eigenvalue weighted by Crippen LogP contribution is -2.09. The summed E-state index contributed by atoms with van der Waals surface area (Å²) in [7, 11) is 0. The Kier molecular flexibility index (Phi) is 14.3. The predicted octanol–water partition coefficient (Wildman–Crippen LogP) is 29.5. The van der Waals surface area contributed by atoms with Gasteiger partial charge in [0.15, 0.2) is 0 Å². The summed E-state index contributed by atoms with van der Waals surface area (Å²) in [6, 6.07) is 136. The van der Waals surface area contributed by atoms with Crippen molar-refractivity contribution in [1.29, 1.82) is 0 Å². The molecule has 108 heavy (non-hydrogen) atoms. The van der Waals surface area contributed by atoms with Crippen molar-refractivity contribution in [3.05, 3.63) is 376 Å². The van der Waals surface area contributed by atoms with Gasteiger partial charge in [-0.05, 0) is 191 Å². The number of hydrogen-bond acceptors (Lipinski definition) is 6. The minimum absolute atomic E-state index is 0.874. The summed E-state index contributed by atoms with van der Waals surface area (Å²) in [6.45, 7) is 0. The molecule has 6 nitrogen and oxygen atoms in total. The van der Waals surface area contributed by atoms with E-state index in [0.29, 0.717) is 0 Å². The van der Waals surface area contributed by atoms with E-state index in [-0.39, 0.29) is 0 Å². The first kappa shape index (κ1) is 61.7. The Labute approximate surface area is 628 Å². The first-order chi connectivity index (χ1) is 53.5. The van der Waals surface area contributed by atoms with Crippen molar-refractivity contribution in [1.82, 2.24) is 9.13 Å². The third-order valence-electron chi connectivity index (χ3n) is 21.8. The highest BCUT2D eigenvalue weighted by atomic mass is 32.1. The monoisotopic (exact) mass is 1410 g/mol. The molecule has 506 valence electrons. The standard InChI is InChI=1S/C52H32N2O2.C48H30N2S2/c1-2-11-36(12-3-1)53(38-24-26-43-41-14-6-8-16-48(41)55-50(43)31-38)37-22-18-33(19-23-37)35-21-28-46-45(30-35)52-40-13-5-4-10-34(40)20-29-47(52)54(46)39-25-27-44-42-15-7-9-17-49(42)56-51(44)32-39;1-2-10-33(11-3-1)49(35-23-25-40-38-13-5-8-16-45(38)51-47(40)29-35)34-21-18-31(19-22-34)32-20-27-44-42(28-32)37-12-4-7-15-43(37)50(44)36-24-26-41-39-14-6-9-17-46(39)52-48(41)30-36/h1-32H;1-30H. The minimum atomic E-state index is 0.874. The summed E-state index contributed by atoms with van der Waals surface area (Å²) in [4.78, 5) is 4.65. The molecule has 6 heterocycles. The molecule has 0 spiro atoms. The van der Waals surface area contributed by atoms with Crippen LogP contribution in [0.4, 0.5) is 34.1 Å². The zero-order valence-corrected chi connectivity index (χ0v) is 59.9. The van der Waals surface area contributed by atoms with E-state index in [9.17, 15) is 0 Å². The van der Waals surface area contributed by atoms with E-state index in [0.717, 1.165) is 94.8 Å². The normalized spacial score (nSPS) is 11.9. The molecule has 0 fully saturated rings. The fourth-order valence-electron chi connectivity index (χ4n) is 16.7. The molecule has 0 atom stereocenters. The molecular formula is C100H62N4O2S2. The van der Waals surface area contributed by atoms with Crippen LogP contribution in [0.2, 0.25) is 0 Å². The fraction of sp³-hybridized carbons (Fsp3) is 0. The lowest BCUT2D eigenvalue weighted by Gasteiger charge is -2.25. The maximum absolute atomic E-state index is 6.36. The van der Waals surface area contributed by atoms with Crippen LogP contribution in [0.1, 0.15) is 0 Å². The van der Waals surface area contributed by atoms with Crippen LogP contribution < -0.4 is 9.80 Å². The SMILES string of the molecule is c1ccc(N(c2ccc(-c3ccc4c(c3)c3c5ccccc5ccc3n4-c3ccc4c(c3)oc3ccccc34)cc2)c2ccc3c(c2)oc2ccccc23)cc1.c1ccc(N(c2ccc(-c3ccc4c(c3)c3ccccc3n4-c3ccc4c(c3)sc3ccccc34)cc2)c2ccc3c(c2)sc2ccccc23)cc1. The van der Waals surface area contributed by atoms with E-state index in [1.54, 1.807) is 0 Å². The summed E-state index contributed by atoms with van der Waals surface area (Å²) in [5.41, 5.74) is 21.9. The number of benzene rings is 17. The second-order valence-electron chi connectivity index (χ2n) is 27.9. The van der Waals surface area contributed by atoms with Crippen LogP contribution in [0.15, 0.2) is 385 Å². The molecule has 0 aliphatic carbocycles. The van der Waals surface area contributed by atoms with Crippen LogP contribution in [0.3, 0.4) is 0 Å². The van der Waals surface area contributed by atoms with Gasteiger partial charge in [-0.1, -0.05) is 206 Å². The van der Waals surface area contributed by atoms with Crippen LogP contribution >= 0.6 is 22.7 Å². The fourth-order valence-corrected chi connectivity index (χ4v) is 19.0. The number of thiophene rings is 2. The van der Waals surface area contributed by atoms with Gasteiger partial charge in [-0.15, -0.1) is 22.7 Å². The maximum atomic E-state index is 6.36. The summed E-state index contributed by atoms with van der Waals surface area (Å²) in [5.74, 6) is 0. The van der Waals surface area contributed by atoms with Crippen LogP contribution in [0, 0.1) is 0 Å². The molecule has 23 rings (SSSR count). The van der Waals surface area contributed by atoms with E-state index in [1.165, 1.54) is 112 Å². The van der Waals surface area contributed by atoms with E-state index >= 15 is 0 Å². The van der Waals surface area contributed by atoms with Gasteiger partial charge in [-0.3, -0.25) is 0 Å². The third kappa shape index (κ3) is 10.1. The molecule has 0 bridgehead atoms. The van der Waals surface area contributed by atoms with Gasteiger partial charge in [-0.2, -0.15) is 0 Å². The Balaban J connectivity index is 0.000000134. The summed E-state index contributed by atoms with van der Waals surface area (Å²) in [5, 5.41) is 17.2. The number of fused-ring (bicyclic) bond motifs is 20. The van der Waals surface area contributed by atoms with Crippen LogP contribution in [-0.2, 0) is 0 Å². The second kappa shape index (κ2) is 25.0. The quantitative estimate of drug-likeness (QED) is 0.137. The van der Waals surface area contributed by atoms with Gasteiger partial charge in [0.05, 0.1) is 22.1 Å². The molecule has 0 radical (unpaired) electrons. The molecule has 0 unspecified atom stereocenters. The number of hydrogen-bond donors (Lipinski definition) is 0. The van der Waals surface area contributed by atoms with Crippen molar-refractivity contribution < 1.29 is 8.83 Å². The van der Waals surface area contributed by atoms with Crippen LogP contribution in [0.25, 0.3) is 172 Å². The van der Waals surface area contributed by atoms with E-state index in [2.05, 4.69) is 371 Å². The van der Waals surface area contributed by atoms with Gasteiger partial charge in [0.1, 0.15) is 22.3 Å². The van der Waals surface area contributed by atoms with Crippen LogP contribution in [-0.4, -0.2) is 9.13 Å². The number of anilines is 6. The number of rotatable bonds is 10. The molecule has 0 saturated carbocycles. The van der Waals surface area contributed by atoms with Crippen LogP contribution in [0.5, 0.6) is 0 Å². The second-order valence-corrected chi connectivity index (χ2v) is 30.1.